The number of aromatic nitrogens is 1. The molecule has 0 bridgehead atoms. The molecule has 2 aromatic rings. The summed E-state index contributed by atoms with van der Waals surface area (Å²) in [6.07, 6.45) is 0.344. The maximum atomic E-state index is 12.5. The van der Waals surface area contributed by atoms with Crippen LogP contribution in [0.15, 0.2) is 34.5 Å². The van der Waals surface area contributed by atoms with Gasteiger partial charge in [-0.15, -0.1) is 11.3 Å². The number of rotatable bonds is 8. The molecule has 0 atom stereocenters. The maximum Gasteiger partial charge on any atom is 0.243 e. The predicted molar refractivity (Wildman–Crippen MR) is 101 cm³/mol. The molecule has 0 spiro atoms. The molecule has 0 amide bonds. The molecule has 0 radical (unpaired) electrons. The molecule has 0 saturated heterocycles. The Balaban J connectivity index is 2.21. The van der Waals surface area contributed by atoms with Gasteiger partial charge in [0.15, 0.2) is 0 Å². The predicted octanol–water partition coefficient (Wildman–Crippen LogP) is 3.61. The molecule has 0 aliphatic carbocycles. The van der Waals surface area contributed by atoms with Gasteiger partial charge in [0.05, 0.1) is 17.0 Å². The molecule has 2 rings (SSSR count). The number of Topliss-reactive ketones (excluding diaryl/α,β-unsaturated/α-hetero) is 1. The van der Waals surface area contributed by atoms with Crippen LogP contribution >= 0.6 is 11.3 Å². The number of thiazole rings is 1. The molecule has 5 nitrogen and oxygen atoms in total. The first-order valence-corrected chi connectivity index (χ1v) is 10.7. The van der Waals surface area contributed by atoms with Crippen molar-refractivity contribution >= 4 is 27.1 Å². The van der Waals surface area contributed by atoms with Crippen molar-refractivity contribution in [3.8, 4) is 11.3 Å². The standard InChI is InChI=1S/C18H24N2O3S2/c1-5-20(6-2)25(22,23)15-9-7-14(8-10-15)16-12-24-18(19-16)11-17(21)13(3)4/h7-10,12-13H,5-6,11H2,1-4H3. The van der Waals surface area contributed by atoms with Crippen LogP contribution in [0.5, 0.6) is 0 Å². The molecule has 0 fully saturated rings. The summed E-state index contributed by atoms with van der Waals surface area (Å²) in [4.78, 5) is 16.6. The Morgan fingerprint density at radius 3 is 2.28 bits per heavy atom. The topological polar surface area (TPSA) is 67.3 Å². The molecule has 25 heavy (non-hydrogen) atoms. The lowest BCUT2D eigenvalue weighted by Gasteiger charge is -2.18. The fourth-order valence-corrected chi connectivity index (χ4v) is 4.66. The van der Waals surface area contributed by atoms with Crippen LogP contribution in [-0.2, 0) is 21.2 Å². The van der Waals surface area contributed by atoms with E-state index >= 15 is 0 Å². The van der Waals surface area contributed by atoms with E-state index in [0.717, 1.165) is 16.3 Å². The average molecular weight is 381 g/mol. The smallest absolute Gasteiger partial charge is 0.243 e. The van der Waals surface area contributed by atoms with Crippen molar-refractivity contribution in [2.24, 2.45) is 5.92 Å². The highest BCUT2D eigenvalue weighted by molar-refractivity contribution is 7.89. The third-order valence-corrected chi connectivity index (χ3v) is 6.93. The van der Waals surface area contributed by atoms with Gasteiger partial charge in [-0.2, -0.15) is 4.31 Å². The number of sulfonamides is 1. The van der Waals surface area contributed by atoms with Crippen molar-refractivity contribution in [2.75, 3.05) is 13.1 Å². The first-order valence-electron chi connectivity index (χ1n) is 8.37. The first-order chi connectivity index (χ1) is 11.8. The number of nitrogens with zero attached hydrogens (tertiary/aromatic N) is 2. The van der Waals surface area contributed by atoms with Gasteiger partial charge in [0.25, 0.3) is 0 Å². The molecule has 0 aliphatic rings. The molecule has 0 aliphatic heterocycles. The largest absolute Gasteiger partial charge is 0.299 e. The Labute approximate surface area is 153 Å². The van der Waals surface area contributed by atoms with Crippen molar-refractivity contribution in [2.45, 2.75) is 39.0 Å². The van der Waals surface area contributed by atoms with E-state index in [4.69, 9.17) is 0 Å². The van der Waals surface area contributed by atoms with Crippen LogP contribution in [0.2, 0.25) is 0 Å². The zero-order chi connectivity index (χ0) is 18.6. The SMILES string of the molecule is CCN(CC)S(=O)(=O)c1ccc(-c2csc(CC(=O)C(C)C)n2)cc1. The monoisotopic (exact) mass is 380 g/mol. The fraction of sp³-hybridized carbons (Fsp3) is 0.444. The van der Waals surface area contributed by atoms with Gasteiger partial charge >= 0.3 is 0 Å². The number of carbonyl (C=O) groups excluding carboxylic acids is 1. The number of carbonyl (C=O) groups is 1. The Hall–Kier alpha value is -1.57. The highest BCUT2D eigenvalue weighted by Gasteiger charge is 2.21. The molecule has 1 aromatic heterocycles. The second-order valence-corrected chi connectivity index (χ2v) is 8.92. The van der Waals surface area contributed by atoms with Crippen molar-refractivity contribution in [1.29, 1.82) is 0 Å². The van der Waals surface area contributed by atoms with Gasteiger partial charge in [-0.05, 0) is 12.1 Å². The molecular weight excluding hydrogens is 356 g/mol. The van der Waals surface area contributed by atoms with Gasteiger partial charge in [-0.3, -0.25) is 4.79 Å². The summed E-state index contributed by atoms with van der Waals surface area (Å²) in [5, 5.41) is 2.69. The Morgan fingerprint density at radius 2 is 1.76 bits per heavy atom. The third kappa shape index (κ3) is 4.54. The Kier molecular flexibility index (Phi) is 6.48. The van der Waals surface area contributed by atoms with Crippen molar-refractivity contribution in [3.63, 3.8) is 0 Å². The van der Waals surface area contributed by atoms with Crippen molar-refractivity contribution in [3.05, 3.63) is 34.7 Å². The minimum absolute atomic E-state index is 0.00285. The quantitative estimate of drug-likeness (QED) is 0.702. The third-order valence-electron chi connectivity index (χ3n) is 4.01. The van der Waals surface area contributed by atoms with Crippen LogP contribution in [0.4, 0.5) is 0 Å². The summed E-state index contributed by atoms with van der Waals surface area (Å²) in [5.74, 6) is 0.165. The molecule has 0 N–H and O–H groups in total. The number of hydrogen-bond acceptors (Lipinski definition) is 5. The van der Waals surface area contributed by atoms with Crippen LogP contribution in [0.3, 0.4) is 0 Å². The summed E-state index contributed by atoms with van der Waals surface area (Å²) in [6, 6.07) is 6.75. The second-order valence-electron chi connectivity index (χ2n) is 6.04. The van der Waals surface area contributed by atoms with E-state index in [1.165, 1.54) is 15.6 Å². The number of ketones is 1. The molecule has 136 valence electrons. The molecule has 1 aromatic carbocycles. The summed E-state index contributed by atoms with van der Waals surface area (Å²) in [6.45, 7) is 8.30. The highest BCUT2D eigenvalue weighted by atomic mass is 32.2. The number of benzene rings is 1. The lowest BCUT2D eigenvalue weighted by atomic mass is 10.1. The van der Waals surface area contributed by atoms with E-state index in [9.17, 15) is 13.2 Å². The van der Waals surface area contributed by atoms with E-state index in [1.807, 2.05) is 33.1 Å². The molecular formula is C18H24N2O3S2. The van der Waals surface area contributed by atoms with E-state index < -0.39 is 10.0 Å². The van der Waals surface area contributed by atoms with Gasteiger partial charge in [-0.25, -0.2) is 13.4 Å². The molecule has 1 heterocycles. The van der Waals surface area contributed by atoms with Gasteiger partial charge in [0.1, 0.15) is 10.8 Å². The van der Waals surface area contributed by atoms with Crippen molar-refractivity contribution in [1.82, 2.24) is 9.29 Å². The lowest BCUT2D eigenvalue weighted by molar-refractivity contribution is -0.121. The highest BCUT2D eigenvalue weighted by Crippen LogP contribution is 2.25. The summed E-state index contributed by atoms with van der Waals surface area (Å²) in [7, 11) is -3.45. The molecule has 7 heteroatoms. The van der Waals surface area contributed by atoms with Crippen molar-refractivity contribution < 1.29 is 13.2 Å². The van der Waals surface area contributed by atoms with Gasteiger partial charge in [0, 0.05) is 30.0 Å². The Morgan fingerprint density at radius 1 is 1.16 bits per heavy atom. The Bertz CT molecular complexity index is 820. The minimum Gasteiger partial charge on any atom is -0.299 e. The summed E-state index contributed by atoms with van der Waals surface area (Å²) >= 11 is 1.45. The first kappa shape index (κ1) is 19.8. The zero-order valence-electron chi connectivity index (χ0n) is 15.0. The van der Waals surface area contributed by atoms with Crippen LogP contribution in [0.1, 0.15) is 32.7 Å². The van der Waals surface area contributed by atoms with E-state index in [-0.39, 0.29) is 16.6 Å². The van der Waals surface area contributed by atoms with E-state index in [1.54, 1.807) is 24.3 Å². The van der Waals surface area contributed by atoms with Crippen LogP contribution in [-0.4, -0.2) is 36.6 Å². The lowest BCUT2D eigenvalue weighted by Crippen LogP contribution is -2.30. The normalized spacial score (nSPS) is 12.1. The van der Waals surface area contributed by atoms with E-state index in [0.29, 0.717) is 19.5 Å². The average Bonchev–Trinajstić information content (AvgIpc) is 3.04. The maximum absolute atomic E-state index is 12.5. The van der Waals surface area contributed by atoms with Gasteiger partial charge < -0.3 is 0 Å². The molecule has 0 saturated carbocycles. The van der Waals surface area contributed by atoms with Crippen LogP contribution in [0.25, 0.3) is 11.3 Å². The van der Waals surface area contributed by atoms with Gasteiger partial charge in [0.2, 0.25) is 10.0 Å². The van der Waals surface area contributed by atoms with Gasteiger partial charge in [-0.1, -0.05) is 39.8 Å². The number of hydrogen-bond donors (Lipinski definition) is 0. The summed E-state index contributed by atoms with van der Waals surface area (Å²) in [5.41, 5.74) is 1.61. The zero-order valence-corrected chi connectivity index (χ0v) is 16.7. The van der Waals surface area contributed by atoms with Crippen LogP contribution in [0, 0.1) is 5.92 Å². The van der Waals surface area contributed by atoms with Crippen LogP contribution < -0.4 is 0 Å². The fourth-order valence-electron chi connectivity index (χ4n) is 2.39. The summed E-state index contributed by atoms with van der Waals surface area (Å²) < 4.78 is 26.4. The molecule has 0 unspecified atom stereocenters. The second kappa shape index (κ2) is 8.21. The van der Waals surface area contributed by atoms with E-state index in [2.05, 4.69) is 4.98 Å². The minimum atomic E-state index is -3.45.